The second kappa shape index (κ2) is 4.89. The molecular weight excluding hydrogens is 252 g/mol. The largest absolute Gasteiger partial charge is 0.381 e. The van der Waals surface area contributed by atoms with Crippen LogP contribution >= 0.6 is 0 Å². The molecule has 0 aromatic carbocycles. The van der Waals surface area contributed by atoms with Gasteiger partial charge in [-0.2, -0.15) is 9.40 Å². The van der Waals surface area contributed by atoms with Crippen LogP contribution in [0, 0.1) is 0 Å². The van der Waals surface area contributed by atoms with Gasteiger partial charge in [-0.05, 0) is 27.2 Å². The van der Waals surface area contributed by atoms with Gasteiger partial charge >= 0.3 is 0 Å². The van der Waals surface area contributed by atoms with E-state index >= 15 is 0 Å². The van der Waals surface area contributed by atoms with Crippen molar-refractivity contribution in [2.45, 2.75) is 51.1 Å². The van der Waals surface area contributed by atoms with Gasteiger partial charge in [0.25, 0.3) is 0 Å². The first-order chi connectivity index (χ1) is 8.16. The molecule has 0 saturated heterocycles. The summed E-state index contributed by atoms with van der Waals surface area (Å²) in [6, 6.07) is 0. The average molecular weight is 274 g/mol. The van der Waals surface area contributed by atoms with Gasteiger partial charge in [0.1, 0.15) is 4.90 Å². The second-order valence-electron chi connectivity index (χ2n) is 4.87. The van der Waals surface area contributed by atoms with Gasteiger partial charge < -0.3 is 5.73 Å². The van der Waals surface area contributed by atoms with E-state index in [0.29, 0.717) is 13.0 Å². The monoisotopic (exact) mass is 274 g/mol. The predicted octanol–water partition coefficient (Wildman–Crippen LogP) is 1.29. The number of nitrogens with two attached hydrogens (primary N) is 1. The van der Waals surface area contributed by atoms with Gasteiger partial charge in [-0.15, -0.1) is 0 Å². The second-order valence-corrected chi connectivity index (χ2v) is 6.81. The third-order valence-electron chi connectivity index (χ3n) is 3.44. The van der Waals surface area contributed by atoms with Gasteiger partial charge in [0.05, 0.1) is 0 Å². The molecule has 7 heteroatoms. The number of sulfonamides is 1. The maximum Gasteiger partial charge on any atom is 0.248 e. The normalized spacial score (nSPS) is 13.2. The molecule has 1 aromatic heterocycles. The van der Waals surface area contributed by atoms with Crippen molar-refractivity contribution < 1.29 is 8.42 Å². The molecule has 0 aliphatic carbocycles. The van der Waals surface area contributed by atoms with Crippen LogP contribution in [0.4, 0.5) is 5.82 Å². The molecule has 104 valence electrons. The Labute approximate surface area is 109 Å². The van der Waals surface area contributed by atoms with Crippen LogP contribution in [0.25, 0.3) is 0 Å². The Hall–Kier alpha value is -1.08. The van der Waals surface area contributed by atoms with Gasteiger partial charge in [-0.25, -0.2) is 8.42 Å². The zero-order valence-corrected chi connectivity index (χ0v) is 12.5. The minimum absolute atomic E-state index is 0.0515. The minimum atomic E-state index is -3.60. The van der Waals surface area contributed by atoms with Crippen molar-refractivity contribution in [3.63, 3.8) is 0 Å². The zero-order chi connectivity index (χ0) is 14.1. The van der Waals surface area contributed by atoms with E-state index in [4.69, 9.17) is 5.73 Å². The lowest BCUT2D eigenvalue weighted by Crippen LogP contribution is -2.44. The third-order valence-corrected chi connectivity index (χ3v) is 5.52. The number of nitrogen functional groups attached to an aromatic ring is 1. The molecule has 0 atom stereocenters. The summed E-state index contributed by atoms with van der Waals surface area (Å²) in [5.74, 6) is 0.0515. The molecule has 2 N–H and O–H groups in total. The lowest BCUT2D eigenvalue weighted by molar-refractivity contribution is 0.257. The first-order valence-corrected chi connectivity index (χ1v) is 7.42. The number of nitrogens with zero attached hydrogens (tertiary/aromatic N) is 3. The number of hydrogen-bond acceptors (Lipinski definition) is 4. The van der Waals surface area contributed by atoms with Crippen molar-refractivity contribution in [2.24, 2.45) is 0 Å². The van der Waals surface area contributed by atoms with E-state index in [1.165, 1.54) is 15.2 Å². The highest BCUT2D eigenvalue weighted by Gasteiger charge is 2.34. The van der Waals surface area contributed by atoms with E-state index in [1.54, 1.807) is 7.05 Å². The summed E-state index contributed by atoms with van der Waals surface area (Å²) >= 11 is 0. The van der Waals surface area contributed by atoms with Crippen molar-refractivity contribution in [1.29, 1.82) is 0 Å². The quantitative estimate of drug-likeness (QED) is 0.877. The standard InChI is InChI=1S/C11H22N4O2S/c1-6-11(3,4)14(5)18(16,17)9-8-15(7-2)13-10(9)12/h8H,6-7H2,1-5H3,(H2,12,13). The van der Waals surface area contributed by atoms with Crippen LogP contribution in [0.3, 0.4) is 0 Å². The molecule has 1 aromatic rings. The molecule has 0 bridgehead atoms. The van der Waals surface area contributed by atoms with Crippen molar-refractivity contribution in [1.82, 2.24) is 14.1 Å². The molecule has 6 nitrogen and oxygen atoms in total. The van der Waals surface area contributed by atoms with Crippen molar-refractivity contribution in [3.05, 3.63) is 6.20 Å². The summed E-state index contributed by atoms with van der Waals surface area (Å²) in [7, 11) is -2.03. The molecule has 0 amide bonds. The third kappa shape index (κ3) is 2.51. The molecule has 0 unspecified atom stereocenters. The van der Waals surface area contributed by atoms with Gasteiger partial charge in [0.15, 0.2) is 5.82 Å². The number of aromatic nitrogens is 2. The van der Waals surface area contributed by atoms with Crippen LogP contribution in [-0.2, 0) is 16.6 Å². The van der Waals surface area contributed by atoms with E-state index in [2.05, 4.69) is 5.10 Å². The Balaban J connectivity index is 3.25. The molecule has 18 heavy (non-hydrogen) atoms. The van der Waals surface area contributed by atoms with E-state index in [0.717, 1.165) is 0 Å². The Morgan fingerprint density at radius 3 is 2.39 bits per heavy atom. The van der Waals surface area contributed by atoms with E-state index in [1.807, 2.05) is 27.7 Å². The Morgan fingerprint density at radius 2 is 2.00 bits per heavy atom. The highest BCUT2D eigenvalue weighted by Crippen LogP contribution is 2.27. The fourth-order valence-corrected chi connectivity index (χ4v) is 3.11. The average Bonchev–Trinajstić information content (AvgIpc) is 2.70. The first-order valence-electron chi connectivity index (χ1n) is 5.98. The summed E-state index contributed by atoms with van der Waals surface area (Å²) in [5.41, 5.74) is 5.23. The SMILES string of the molecule is CCn1cc(S(=O)(=O)N(C)C(C)(C)CC)c(N)n1. The van der Waals surface area contributed by atoms with Crippen LogP contribution in [0.2, 0.25) is 0 Å². The van der Waals surface area contributed by atoms with Crippen LogP contribution in [0.5, 0.6) is 0 Å². The first kappa shape index (κ1) is 15.0. The van der Waals surface area contributed by atoms with Gasteiger partial charge in [0.2, 0.25) is 10.0 Å². The molecule has 0 saturated carbocycles. The highest BCUT2D eigenvalue weighted by molar-refractivity contribution is 7.89. The van der Waals surface area contributed by atoms with Crippen molar-refractivity contribution in [3.8, 4) is 0 Å². The molecule has 1 heterocycles. The molecule has 0 radical (unpaired) electrons. The molecule has 0 aliphatic rings. The van der Waals surface area contributed by atoms with E-state index in [-0.39, 0.29) is 10.7 Å². The summed E-state index contributed by atoms with van der Waals surface area (Å²) in [6.07, 6.45) is 2.19. The van der Waals surface area contributed by atoms with Gasteiger partial charge in [-0.1, -0.05) is 6.92 Å². The Kier molecular flexibility index (Phi) is 4.07. The summed E-state index contributed by atoms with van der Waals surface area (Å²) in [4.78, 5) is 0.0772. The molecule has 0 aliphatic heterocycles. The maximum atomic E-state index is 12.5. The fourth-order valence-electron chi connectivity index (χ4n) is 1.47. The van der Waals surface area contributed by atoms with E-state index < -0.39 is 15.6 Å². The Morgan fingerprint density at radius 1 is 1.44 bits per heavy atom. The summed E-state index contributed by atoms with van der Waals surface area (Å²) < 4.78 is 27.8. The van der Waals surface area contributed by atoms with Crippen molar-refractivity contribution in [2.75, 3.05) is 12.8 Å². The minimum Gasteiger partial charge on any atom is -0.381 e. The molecule has 0 spiro atoms. The number of hydrogen-bond donors (Lipinski definition) is 1. The maximum absolute atomic E-state index is 12.5. The van der Waals surface area contributed by atoms with Crippen molar-refractivity contribution >= 4 is 15.8 Å². The summed E-state index contributed by atoms with van der Waals surface area (Å²) in [6.45, 7) is 8.17. The van der Waals surface area contributed by atoms with Gasteiger partial charge in [0, 0.05) is 25.3 Å². The van der Waals surface area contributed by atoms with Gasteiger partial charge in [-0.3, -0.25) is 4.68 Å². The number of rotatable bonds is 5. The number of anilines is 1. The highest BCUT2D eigenvalue weighted by atomic mass is 32.2. The topological polar surface area (TPSA) is 81.2 Å². The molecule has 0 fully saturated rings. The zero-order valence-electron chi connectivity index (χ0n) is 11.6. The lowest BCUT2D eigenvalue weighted by atomic mass is 10.0. The lowest BCUT2D eigenvalue weighted by Gasteiger charge is -2.33. The molecule has 1 rings (SSSR count). The van der Waals surface area contributed by atoms with Crippen LogP contribution in [0.15, 0.2) is 11.1 Å². The fraction of sp³-hybridized carbons (Fsp3) is 0.727. The van der Waals surface area contributed by atoms with Crippen LogP contribution in [-0.4, -0.2) is 35.1 Å². The van der Waals surface area contributed by atoms with Crippen LogP contribution < -0.4 is 5.73 Å². The summed E-state index contributed by atoms with van der Waals surface area (Å²) in [5, 5.41) is 3.97. The smallest absolute Gasteiger partial charge is 0.248 e. The predicted molar refractivity (Wildman–Crippen MR) is 71.6 cm³/mol. The van der Waals surface area contributed by atoms with Crippen LogP contribution in [0.1, 0.15) is 34.1 Å². The molecular formula is C11H22N4O2S. The Bertz CT molecular complexity index is 519. The van der Waals surface area contributed by atoms with E-state index in [9.17, 15) is 8.42 Å². The number of aryl methyl sites for hydroxylation is 1.